The summed E-state index contributed by atoms with van der Waals surface area (Å²) in [6.45, 7) is -0.0998. The van der Waals surface area contributed by atoms with Gasteiger partial charge in [-0.1, -0.05) is 23.2 Å². The molecule has 2 amide bonds. The smallest absolute Gasteiger partial charge is 0.248 e. The lowest BCUT2D eigenvalue weighted by Gasteiger charge is -2.09. The molecular weight excluding hydrogens is 307 g/mol. The summed E-state index contributed by atoms with van der Waals surface area (Å²) in [5.74, 6) is -0.771. The van der Waals surface area contributed by atoms with Gasteiger partial charge in [-0.05, 0) is 12.1 Å². The van der Waals surface area contributed by atoms with E-state index < -0.39 is 12.0 Å². The first-order valence-corrected chi connectivity index (χ1v) is 6.47. The SMILES string of the molecule is NC(=O)C(O)CNC(=O)CCOc1ccc(Cl)c(Cl)c1. The molecule has 4 N–H and O–H groups in total. The van der Waals surface area contributed by atoms with E-state index in [0.717, 1.165) is 0 Å². The van der Waals surface area contributed by atoms with Gasteiger partial charge in [0.05, 0.1) is 29.6 Å². The largest absolute Gasteiger partial charge is 0.493 e. The number of hydrogen-bond acceptors (Lipinski definition) is 4. The number of benzene rings is 1. The van der Waals surface area contributed by atoms with Crippen LogP contribution in [0.3, 0.4) is 0 Å². The van der Waals surface area contributed by atoms with E-state index >= 15 is 0 Å². The maximum absolute atomic E-state index is 11.4. The number of rotatable bonds is 7. The van der Waals surface area contributed by atoms with Gasteiger partial charge in [0.25, 0.3) is 0 Å². The molecule has 1 aromatic rings. The zero-order chi connectivity index (χ0) is 15.1. The summed E-state index contributed by atoms with van der Waals surface area (Å²) in [5.41, 5.74) is 4.84. The van der Waals surface area contributed by atoms with E-state index in [4.69, 9.17) is 38.8 Å². The molecule has 0 fully saturated rings. The van der Waals surface area contributed by atoms with Crippen molar-refractivity contribution in [2.75, 3.05) is 13.2 Å². The Hall–Kier alpha value is -1.50. The monoisotopic (exact) mass is 320 g/mol. The van der Waals surface area contributed by atoms with Crippen LogP contribution in [0.25, 0.3) is 0 Å². The zero-order valence-corrected chi connectivity index (χ0v) is 11.9. The molecule has 0 radical (unpaired) electrons. The highest BCUT2D eigenvalue weighted by Gasteiger charge is 2.12. The molecule has 0 saturated carbocycles. The number of ether oxygens (including phenoxy) is 1. The number of nitrogens with two attached hydrogens (primary N) is 1. The molecule has 1 rings (SSSR count). The van der Waals surface area contributed by atoms with Gasteiger partial charge in [-0.15, -0.1) is 0 Å². The highest BCUT2D eigenvalue weighted by atomic mass is 35.5. The highest BCUT2D eigenvalue weighted by molar-refractivity contribution is 6.42. The third-order valence-corrected chi connectivity index (χ3v) is 3.05. The van der Waals surface area contributed by atoms with Crippen LogP contribution in [0.4, 0.5) is 0 Å². The van der Waals surface area contributed by atoms with Gasteiger partial charge in [-0.2, -0.15) is 0 Å². The number of halogens is 2. The van der Waals surface area contributed by atoms with Crippen LogP contribution in [-0.2, 0) is 9.59 Å². The number of aliphatic hydroxyl groups excluding tert-OH is 1. The van der Waals surface area contributed by atoms with E-state index in [1.54, 1.807) is 18.2 Å². The lowest BCUT2D eigenvalue weighted by atomic mass is 10.3. The molecule has 0 spiro atoms. The summed E-state index contributed by atoms with van der Waals surface area (Å²) in [6, 6.07) is 4.75. The molecule has 1 aromatic carbocycles. The molecule has 0 saturated heterocycles. The van der Waals surface area contributed by atoms with Crippen molar-refractivity contribution in [1.29, 1.82) is 0 Å². The summed E-state index contributed by atoms with van der Waals surface area (Å²) < 4.78 is 5.31. The Morgan fingerprint density at radius 3 is 2.65 bits per heavy atom. The van der Waals surface area contributed by atoms with Crippen LogP contribution in [0.1, 0.15) is 6.42 Å². The second kappa shape index (κ2) is 7.94. The topological polar surface area (TPSA) is 102 Å². The fourth-order valence-corrected chi connectivity index (χ4v) is 1.52. The molecule has 110 valence electrons. The minimum absolute atomic E-state index is 0.0612. The van der Waals surface area contributed by atoms with Crippen LogP contribution in [-0.4, -0.2) is 36.2 Å². The lowest BCUT2D eigenvalue weighted by molar-refractivity contribution is -0.127. The predicted octanol–water partition coefficient (Wildman–Crippen LogP) is 0.725. The van der Waals surface area contributed by atoms with Crippen molar-refractivity contribution in [2.24, 2.45) is 5.73 Å². The second-order valence-electron chi connectivity index (χ2n) is 3.90. The Balaban J connectivity index is 2.28. The second-order valence-corrected chi connectivity index (χ2v) is 4.71. The minimum Gasteiger partial charge on any atom is -0.493 e. The Morgan fingerprint density at radius 2 is 2.05 bits per heavy atom. The average Bonchev–Trinajstić information content (AvgIpc) is 2.40. The quantitative estimate of drug-likeness (QED) is 0.689. The first kappa shape index (κ1) is 16.6. The maximum Gasteiger partial charge on any atom is 0.248 e. The fourth-order valence-electron chi connectivity index (χ4n) is 1.23. The van der Waals surface area contributed by atoms with E-state index in [1.165, 1.54) is 0 Å². The molecule has 1 atom stereocenters. The molecule has 20 heavy (non-hydrogen) atoms. The predicted molar refractivity (Wildman–Crippen MR) is 74.8 cm³/mol. The number of hydrogen-bond donors (Lipinski definition) is 3. The Labute approximate surface area is 125 Å². The van der Waals surface area contributed by atoms with Crippen LogP contribution < -0.4 is 15.8 Å². The molecule has 1 unspecified atom stereocenters. The standard InChI is InChI=1S/C12H14Cl2N2O4/c13-8-2-1-7(5-9(8)14)20-4-3-11(18)16-6-10(17)12(15)19/h1-2,5,10,17H,3-4,6H2,(H2,15,19)(H,16,18). The normalized spacial score (nSPS) is 11.8. The van der Waals surface area contributed by atoms with Crippen LogP contribution in [0.5, 0.6) is 5.75 Å². The van der Waals surface area contributed by atoms with E-state index in [1.807, 2.05) is 0 Å². The zero-order valence-electron chi connectivity index (χ0n) is 10.4. The Morgan fingerprint density at radius 1 is 1.35 bits per heavy atom. The molecule has 0 aromatic heterocycles. The number of aliphatic hydroxyl groups is 1. The maximum atomic E-state index is 11.4. The molecule has 6 nitrogen and oxygen atoms in total. The van der Waals surface area contributed by atoms with E-state index in [-0.39, 0.29) is 25.5 Å². The van der Waals surface area contributed by atoms with Gasteiger partial charge < -0.3 is 20.9 Å². The van der Waals surface area contributed by atoms with E-state index in [0.29, 0.717) is 15.8 Å². The molecule has 8 heteroatoms. The van der Waals surface area contributed by atoms with Crippen molar-refractivity contribution in [3.63, 3.8) is 0 Å². The van der Waals surface area contributed by atoms with Crippen molar-refractivity contribution in [1.82, 2.24) is 5.32 Å². The van der Waals surface area contributed by atoms with Crippen molar-refractivity contribution < 1.29 is 19.4 Å². The Bertz CT molecular complexity index is 496. The van der Waals surface area contributed by atoms with Gasteiger partial charge in [0.15, 0.2) is 0 Å². The minimum atomic E-state index is -1.39. The molecule has 0 aliphatic carbocycles. The van der Waals surface area contributed by atoms with Gasteiger partial charge in [-0.3, -0.25) is 9.59 Å². The summed E-state index contributed by atoms with van der Waals surface area (Å²) in [6.07, 6.45) is -1.33. The van der Waals surface area contributed by atoms with E-state index in [9.17, 15) is 9.59 Å². The number of primary amides is 1. The summed E-state index contributed by atoms with van der Waals surface area (Å²) in [4.78, 5) is 21.9. The van der Waals surface area contributed by atoms with E-state index in [2.05, 4.69) is 5.32 Å². The van der Waals surface area contributed by atoms with Gasteiger partial charge in [0, 0.05) is 6.07 Å². The van der Waals surface area contributed by atoms with Gasteiger partial charge in [0.2, 0.25) is 11.8 Å². The fraction of sp³-hybridized carbons (Fsp3) is 0.333. The third-order valence-electron chi connectivity index (χ3n) is 2.31. The summed E-state index contributed by atoms with van der Waals surface area (Å²) >= 11 is 11.6. The number of nitrogens with one attached hydrogen (secondary N) is 1. The molecular formula is C12H14Cl2N2O4. The molecule has 0 aliphatic heterocycles. The van der Waals surface area contributed by atoms with Crippen LogP contribution in [0, 0.1) is 0 Å². The van der Waals surface area contributed by atoms with Crippen LogP contribution in [0.15, 0.2) is 18.2 Å². The van der Waals surface area contributed by atoms with Gasteiger partial charge in [0.1, 0.15) is 11.9 Å². The first-order chi connectivity index (χ1) is 9.40. The van der Waals surface area contributed by atoms with Crippen molar-refractivity contribution in [3.8, 4) is 5.75 Å². The number of amides is 2. The third kappa shape index (κ3) is 5.64. The average molecular weight is 321 g/mol. The van der Waals surface area contributed by atoms with Gasteiger partial charge >= 0.3 is 0 Å². The van der Waals surface area contributed by atoms with Crippen molar-refractivity contribution in [3.05, 3.63) is 28.2 Å². The van der Waals surface area contributed by atoms with Crippen LogP contribution in [0.2, 0.25) is 10.0 Å². The summed E-state index contributed by atoms with van der Waals surface area (Å²) in [5, 5.41) is 12.2. The van der Waals surface area contributed by atoms with Crippen LogP contribution >= 0.6 is 23.2 Å². The Kier molecular flexibility index (Phi) is 6.57. The molecule has 0 aliphatic rings. The lowest BCUT2D eigenvalue weighted by Crippen LogP contribution is -2.40. The summed E-state index contributed by atoms with van der Waals surface area (Å²) in [7, 11) is 0. The van der Waals surface area contributed by atoms with Crippen molar-refractivity contribution in [2.45, 2.75) is 12.5 Å². The number of carbonyl (C=O) groups excluding carboxylic acids is 2. The van der Waals surface area contributed by atoms with Crippen molar-refractivity contribution >= 4 is 35.0 Å². The first-order valence-electron chi connectivity index (χ1n) is 5.72. The molecule has 0 bridgehead atoms. The molecule has 0 heterocycles. The van der Waals surface area contributed by atoms with Gasteiger partial charge in [-0.25, -0.2) is 0 Å². The highest BCUT2D eigenvalue weighted by Crippen LogP contribution is 2.26. The number of carbonyl (C=O) groups is 2.